The highest BCUT2D eigenvalue weighted by Crippen LogP contribution is 2.27. The molecule has 8 heteroatoms. The minimum atomic E-state index is -0.712. The summed E-state index contributed by atoms with van der Waals surface area (Å²) in [5.74, 6) is -0.379. The number of carbonyl (C=O) groups excluding carboxylic acids is 1. The van der Waals surface area contributed by atoms with Crippen LogP contribution in [0.15, 0.2) is 22.7 Å². The minimum absolute atomic E-state index is 0.0430. The molecule has 1 aliphatic heterocycles. The standard InChI is InChI=1S/C16H17F2N3O3/c1-10(22)21-4-2-11(3-5-21)16-19-15(20-24-16)9-23-14-7-12(17)6-13(18)8-14/h6-8,11H,2-5,9H2,1H3. The second kappa shape index (κ2) is 6.94. The fourth-order valence-corrected chi connectivity index (χ4v) is 2.69. The average molecular weight is 337 g/mol. The van der Waals surface area contributed by atoms with Crippen LogP contribution in [-0.4, -0.2) is 34.0 Å². The number of likely N-dealkylation sites (tertiary alicyclic amines) is 1. The number of amides is 1. The van der Waals surface area contributed by atoms with Gasteiger partial charge in [0.05, 0.1) is 0 Å². The molecule has 0 saturated carbocycles. The van der Waals surface area contributed by atoms with Crippen LogP contribution in [0.3, 0.4) is 0 Å². The largest absolute Gasteiger partial charge is 0.485 e. The van der Waals surface area contributed by atoms with Crippen molar-refractivity contribution >= 4 is 5.91 Å². The average Bonchev–Trinajstić information content (AvgIpc) is 3.01. The Morgan fingerprint density at radius 2 is 1.96 bits per heavy atom. The molecular formula is C16H17F2N3O3. The third kappa shape index (κ3) is 3.87. The van der Waals surface area contributed by atoms with Crippen LogP contribution in [0.25, 0.3) is 0 Å². The number of nitrogens with zero attached hydrogens (tertiary/aromatic N) is 3. The lowest BCUT2D eigenvalue weighted by Crippen LogP contribution is -2.36. The summed E-state index contributed by atoms with van der Waals surface area (Å²) in [5, 5.41) is 3.83. The molecule has 1 fully saturated rings. The van der Waals surface area contributed by atoms with E-state index in [1.807, 2.05) is 0 Å². The van der Waals surface area contributed by atoms with E-state index in [0.29, 0.717) is 24.8 Å². The molecule has 0 atom stereocenters. The van der Waals surface area contributed by atoms with Gasteiger partial charge >= 0.3 is 0 Å². The topological polar surface area (TPSA) is 68.5 Å². The Morgan fingerprint density at radius 1 is 1.29 bits per heavy atom. The lowest BCUT2D eigenvalue weighted by Gasteiger charge is -2.29. The fourth-order valence-electron chi connectivity index (χ4n) is 2.69. The van der Waals surface area contributed by atoms with E-state index in [0.717, 1.165) is 31.0 Å². The molecule has 0 spiro atoms. The molecule has 1 saturated heterocycles. The number of aromatic nitrogens is 2. The molecular weight excluding hydrogens is 320 g/mol. The van der Waals surface area contributed by atoms with Gasteiger partial charge in [-0.25, -0.2) is 8.78 Å². The van der Waals surface area contributed by atoms with Crippen molar-refractivity contribution in [1.29, 1.82) is 0 Å². The summed E-state index contributed by atoms with van der Waals surface area (Å²) in [5.41, 5.74) is 0. The molecule has 0 bridgehead atoms. The van der Waals surface area contributed by atoms with Gasteiger partial charge in [-0.3, -0.25) is 4.79 Å². The molecule has 2 aromatic rings. The lowest BCUT2D eigenvalue weighted by molar-refractivity contribution is -0.129. The van der Waals surface area contributed by atoms with Crippen molar-refractivity contribution in [3.05, 3.63) is 41.5 Å². The van der Waals surface area contributed by atoms with Crippen LogP contribution in [0.5, 0.6) is 5.75 Å². The van der Waals surface area contributed by atoms with Crippen LogP contribution in [0.4, 0.5) is 8.78 Å². The first-order valence-corrected chi connectivity index (χ1v) is 7.68. The van der Waals surface area contributed by atoms with Crippen molar-refractivity contribution in [2.24, 2.45) is 0 Å². The second-order valence-corrected chi connectivity index (χ2v) is 5.72. The number of halogens is 2. The maximum Gasteiger partial charge on any atom is 0.230 e. The Hall–Kier alpha value is -2.51. The number of ether oxygens (including phenoxy) is 1. The van der Waals surface area contributed by atoms with Crippen molar-refractivity contribution in [2.45, 2.75) is 32.3 Å². The summed E-state index contributed by atoms with van der Waals surface area (Å²) in [6, 6.07) is 2.94. The number of hydrogen-bond acceptors (Lipinski definition) is 5. The van der Waals surface area contributed by atoms with Gasteiger partial charge in [0.15, 0.2) is 6.61 Å². The van der Waals surface area contributed by atoms with Crippen LogP contribution in [0.2, 0.25) is 0 Å². The molecule has 1 aromatic heterocycles. The predicted octanol–water partition coefficient (Wildman–Crippen LogP) is 2.65. The Morgan fingerprint density at radius 3 is 2.58 bits per heavy atom. The van der Waals surface area contributed by atoms with Crippen LogP contribution in [0.1, 0.15) is 37.4 Å². The van der Waals surface area contributed by atoms with E-state index in [-0.39, 0.29) is 24.2 Å². The van der Waals surface area contributed by atoms with Crippen molar-refractivity contribution in [3.8, 4) is 5.75 Å². The van der Waals surface area contributed by atoms with Crippen LogP contribution >= 0.6 is 0 Å². The number of hydrogen-bond donors (Lipinski definition) is 0. The smallest absolute Gasteiger partial charge is 0.230 e. The normalized spacial score (nSPS) is 15.5. The minimum Gasteiger partial charge on any atom is -0.485 e. The molecule has 3 rings (SSSR count). The maximum atomic E-state index is 13.1. The van der Waals surface area contributed by atoms with Crippen molar-refractivity contribution in [1.82, 2.24) is 15.0 Å². The van der Waals surface area contributed by atoms with E-state index < -0.39 is 11.6 Å². The molecule has 1 aliphatic rings. The van der Waals surface area contributed by atoms with E-state index in [9.17, 15) is 13.6 Å². The number of piperidine rings is 1. The highest BCUT2D eigenvalue weighted by Gasteiger charge is 2.26. The highest BCUT2D eigenvalue weighted by molar-refractivity contribution is 5.73. The molecule has 6 nitrogen and oxygen atoms in total. The van der Waals surface area contributed by atoms with Gasteiger partial charge in [0.1, 0.15) is 17.4 Å². The maximum absolute atomic E-state index is 13.1. The lowest BCUT2D eigenvalue weighted by atomic mass is 9.97. The van der Waals surface area contributed by atoms with Gasteiger partial charge in [-0.15, -0.1) is 0 Å². The van der Waals surface area contributed by atoms with Gasteiger partial charge in [-0.2, -0.15) is 4.98 Å². The van der Waals surface area contributed by atoms with Crippen LogP contribution < -0.4 is 4.74 Å². The molecule has 1 amide bonds. The Bertz CT molecular complexity index is 707. The van der Waals surface area contributed by atoms with E-state index in [2.05, 4.69) is 10.1 Å². The second-order valence-electron chi connectivity index (χ2n) is 5.72. The van der Waals surface area contributed by atoms with Crippen LogP contribution in [0, 0.1) is 11.6 Å². The highest BCUT2D eigenvalue weighted by atomic mass is 19.1. The zero-order chi connectivity index (χ0) is 17.1. The quantitative estimate of drug-likeness (QED) is 0.858. The molecule has 0 aliphatic carbocycles. The first kappa shape index (κ1) is 16.4. The fraction of sp³-hybridized carbons (Fsp3) is 0.438. The Labute approximate surface area is 137 Å². The first-order valence-electron chi connectivity index (χ1n) is 7.68. The van der Waals surface area contributed by atoms with E-state index in [4.69, 9.17) is 9.26 Å². The first-order chi connectivity index (χ1) is 11.5. The summed E-state index contributed by atoms with van der Waals surface area (Å²) < 4.78 is 36.7. The summed E-state index contributed by atoms with van der Waals surface area (Å²) in [6.45, 7) is 2.84. The third-order valence-electron chi connectivity index (χ3n) is 3.98. The zero-order valence-corrected chi connectivity index (χ0v) is 13.2. The van der Waals surface area contributed by atoms with Crippen molar-refractivity contribution in [3.63, 3.8) is 0 Å². The van der Waals surface area contributed by atoms with E-state index >= 15 is 0 Å². The van der Waals surface area contributed by atoms with Crippen molar-refractivity contribution in [2.75, 3.05) is 13.1 Å². The predicted molar refractivity (Wildman–Crippen MR) is 79.2 cm³/mol. The third-order valence-corrected chi connectivity index (χ3v) is 3.98. The van der Waals surface area contributed by atoms with Gasteiger partial charge in [0.25, 0.3) is 0 Å². The van der Waals surface area contributed by atoms with Crippen molar-refractivity contribution < 1.29 is 22.8 Å². The zero-order valence-electron chi connectivity index (χ0n) is 13.2. The molecule has 2 heterocycles. The Balaban J connectivity index is 1.57. The molecule has 0 N–H and O–H groups in total. The number of carbonyl (C=O) groups is 1. The van der Waals surface area contributed by atoms with Gasteiger partial charge in [-0.05, 0) is 12.8 Å². The summed E-state index contributed by atoms with van der Waals surface area (Å²) >= 11 is 0. The molecule has 0 radical (unpaired) electrons. The molecule has 0 unspecified atom stereocenters. The SMILES string of the molecule is CC(=O)N1CCC(c2nc(COc3cc(F)cc(F)c3)no2)CC1. The number of rotatable bonds is 4. The summed E-state index contributed by atoms with van der Waals surface area (Å²) in [6.07, 6.45) is 1.52. The van der Waals surface area contributed by atoms with Gasteiger partial charge in [0.2, 0.25) is 17.6 Å². The molecule has 1 aromatic carbocycles. The van der Waals surface area contributed by atoms with E-state index in [1.54, 1.807) is 11.8 Å². The Kier molecular flexibility index (Phi) is 4.73. The monoisotopic (exact) mass is 337 g/mol. The van der Waals surface area contributed by atoms with Gasteiger partial charge in [0, 0.05) is 44.1 Å². The van der Waals surface area contributed by atoms with Gasteiger partial charge < -0.3 is 14.2 Å². The molecule has 24 heavy (non-hydrogen) atoms. The van der Waals surface area contributed by atoms with Crippen LogP contribution in [-0.2, 0) is 11.4 Å². The number of benzene rings is 1. The summed E-state index contributed by atoms with van der Waals surface area (Å²) in [4.78, 5) is 17.4. The molecule has 128 valence electrons. The summed E-state index contributed by atoms with van der Waals surface area (Å²) in [7, 11) is 0. The van der Waals surface area contributed by atoms with E-state index in [1.165, 1.54) is 0 Å². The van der Waals surface area contributed by atoms with Gasteiger partial charge in [-0.1, -0.05) is 5.16 Å².